The topological polar surface area (TPSA) is 82.1 Å². The highest BCUT2D eigenvalue weighted by atomic mass is 16.5. The largest absolute Gasteiger partial charge is 0.395 e. The number of benzene rings is 1. The van der Waals surface area contributed by atoms with Crippen LogP contribution in [0.1, 0.15) is 23.2 Å². The SMILES string of the molecule is COCCN(CCO)C(=O)Nc1cccc(C(=O)N2CCCC2)c1. The molecule has 1 aromatic carbocycles. The Balaban J connectivity index is 2.01. The lowest BCUT2D eigenvalue weighted by Crippen LogP contribution is -2.39. The Morgan fingerprint density at radius 1 is 1.29 bits per heavy atom. The highest BCUT2D eigenvalue weighted by molar-refractivity contribution is 5.97. The fourth-order valence-corrected chi connectivity index (χ4v) is 2.67. The van der Waals surface area contributed by atoms with Gasteiger partial charge in [-0.2, -0.15) is 0 Å². The summed E-state index contributed by atoms with van der Waals surface area (Å²) < 4.78 is 4.97. The van der Waals surface area contributed by atoms with Gasteiger partial charge in [-0.25, -0.2) is 4.79 Å². The molecule has 1 aliphatic rings. The van der Waals surface area contributed by atoms with Gasteiger partial charge < -0.3 is 25.0 Å². The molecule has 1 saturated heterocycles. The predicted molar refractivity (Wildman–Crippen MR) is 91.1 cm³/mol. The number of rotatable bonds is 7. The number of likely N-dealkylation sites (tertiary alicyclic amines) is 1. The van der Waals surface area contributed by atoms with Gasteiger partial charge in [0.25, 0.3) is 5.91 Å². The number of anilines is 1. The van der Waals surface area contributed by atoms with Crippen molar-refractivity contribution in [2.24, 2.45) is 0 Å². The van der Waals surface area contributed by atoms with Crippen LogP contribution in [0.3, 0.4) is 0 Å². The average Bonchev–Trinajstić information content (AvgIpc) is 3.12. The summed E-state index contributed by atoms with van der Waals surface area (Å²) >= 11 is 0. The van der Waals surface area contributed by atoms with Crippen molar-refractivity contribution in [3.05, 3.63) is 29.8 Å². The molecular weight excluding hydrogens is 310 g/mol. The number of carbonyl (C=O) groups excluding carboxylic acids is 2. The van der Waals surface area contributed by atoms with E-state index in [0.29, 0.717) is 24.4 Å². The molecule has 1 heterocycles. The lowest BCUT2D eigenvalue weighted by molar-refractivity contribution is 0.0793. The summed E-state index contributed by atoms with van der Waals surface area (Å²) in [7, 11) is 1.56. The van der Waals surface area contributed by atoms with Gasteiger partial charge >= 0.3 is 6.03 Å². The molecule has 7 nitrogen and oxygen atoms in total. The molecule has 1 aliphatic heterocycles. The molecule has 0 bridgehead atoms. The second kappa shape index (κ2) is 9.24. The molecule has 0 aliphatic carbocycles. The zero-order chi connectivity index (χ0) is 17.4. The monoisotopic (exact) mass is 335 g/mol. The number of ether oxygens (including phenoxy) is 1. The number of aliphatic hydroxyl groups is 1. The number of nitrogens with one attached hydrogen (secondary N) is 1. The van der Waals surface area contributed by atoms with E-state index in [1.807, 2.05) is 4.90 Å². The summed E-state index contributed by atoms with van der Waals surface area (Å²) in [5.41, 5.74) is 1.13. The third-order valence-corrected chi connectivity index (χ3v) is 3.98. The third kappa shape index (κ3) is 4.94. The van der Waals surface area contributed by atoms with E-state index < -0.39 is 0 Å². The number of carbonyl (C=O) groups is 2. The summed E-state index contributed by atoms with van der Waals surface area (Å²) in [5, 5.41) is 11.8. The Hall–Kier alpha value is -2.12. The van der Waals surface area contributed by atoms with E-state index in [9.17, 15) is 9.59 Å². The molecule has 0 unspecified atom stereocenters. The fourth-order valence-electron chi connectivity index (χ4n) is 2.67. The van der Waals surface area contributed by atoms with Crippen LogP contribution in [0.25, 0.3) is 0 Å². The van der Waals surface area contributed by atoms with Gasteiger partial charge in [0.2, 0.25) is 0 Å². The summed E-state index contributed by atoms with van der Waals surface area (Å²) in [6.45, 7) is 2.45. The zero-order valence-electron chi connectivity index (χ0n) is 14.0. The van der Waals surface area contributed by atoms with Crippen molar-refractivity contribution in [2.45, 2.75) is 12.8 Å². The van der Waals surface area contributed by atoms with Crippen LogP contribution in [0.2, 0.25) is 0 Å². The van der Waals surface area contributed by atoms with Crippen molar-refractivity contribution in [1.82, 2.24) is 9.80 Å². The van der Waals surface area contributed by atoms with Crippen molar-refractivity contribution in [2.75, 3.05) is 51.8 Å². The van der Waals surface area contributed by atoms with Gasteiger partial charge in [-0.05, 0) is 31.0 Å². The standard InChI is InChI=1S/C17H25N3O4/c1-24-12-10-20(9-11-21)17(23)18-15-6-4-5-14(13-15)16(22)19-7-2-3-8-19/h4-6,13,21H,2-3,7-12H2,1H3,(H,18,23). The lowest BCUT2D eigenvalue weighted by atomic mass is 10.2. The first kappa shape index (κ1) is 18.2. The van der Waals surface area contributed by atoms with Crippen molar-refractivity contribution >= 4 is 17.6 Å². The molecule has 2 rings (SSSR count). The number of methoxy groups -OCH3 is 1. The van der Waals surface area contributed by atoms with Crippen molar-refractivity contribution < 1.29 is 19.4 Å². The first-order chi connectivity index (χ1) is 11.7. The number of aliphatic hydroxyl groups excluding tert-OH is 1. The van der Waals surface area contributed by atoms with Crippen molar-refractivity contribution in [1.29, 1.82) is 0 Å². The van der Waals surface area contributed by atoms with Gasteiger partial charge in [0.05, 0.1) is 13.2 Å². The van der Waals surface area contributed by atoms with E-state index in [4.69, 9.17) is 9.84 Å². The Morgan fingerprint density at radius 3 is 2.71 bits per heavy atom. The smallest absolute Gasteiger partial charge is 0.321 e. The Labute approximate surface area is 142 Å². The minimum atomic E-state index is -0.327. The van der Waals surface area contributed by atoms with Crippen molar-refractivity contribution in [3.8, 4) is 0 Å². The number of hydrogen-bond donors (Lipinski definition) is 2. The molecule has 0 spiro atoms. The molecule has 3 amide bonds. The number of nitrogens with zero attached hydrogens (tertiary/aromatic N) is 2. The second-order valence-corrected chi connectivity index (χ2v) is 5.71. The quantitative estimate of drug-likeness (QED) is 0.789. The van der Waals surface area contributed by atoms with E-state index in [2.05, 4.69) is 5.32 Å². The normalized spacial score (nSPS) is 13.8. The molecule has 7 heteroatoms. The van der Waals surface area contributed by atoms with E-state index in [0.717, 1.165) is 25.9 Å². The molecule has 0 radical (unpaired) electrons. The molecule has 1 fully saturated rings. The minimum Gasteiger partial charge on any atom is -0.395 e. The molecule has 0 saturated carbocycles. The van der Waals surface area contributed by atoms with Gasteiger partial charge in [-0.15, -0.1) is 0 Å². The number of hydrogen-bond acceptors (Lipinski definition) is 4. The van der Waals surface area contributed by atoms with Gasteiger partial charge in [-0.3, -0.25) is 4.79 Å². The summed E-state index contributed by atoms with van der Waals surface area (Å²) in [6, 6.07) is 6.61. The second-order valence-electron chi connectivity index (χ2n) is 5.71. The fraction of sp³-hybridized carbons (Fsp3) is 0.529. The van der Waals surface area contributed by atoms with E-state index in [-0.39, 0.29) is 25.1 Å². The van der Waals surface area contributed by atoms with Crippen LogP contribution >= 0.6 is 0 Å². The third-order valence-electron chi connectivity index (χ3n) is 3.98. The van der Waals surface area contributed by atoms with Gasteiger partial charge in [0, 0.05) is 44.5 Å². The van der Waals surface area contributed by atoms with Crippen LogP contribution in [0.5, 0.6) is 0 Å². The molecule has 0 atom stereocenters. The van der Waals surface area contributed by atoms with Gasteiger partial charge in [0.1, 0.15) is 0 Å². The van der Waals surface area contributed by atoms with Gasteiger partial charge in [-0.1, -0.05) is 6.07 Å². The van der Waals surface area contributed by atoms with Crippen molar-refractivity contribution in [3.63, 3.8) is 0 Å². The molecule has 1 aromatic rings. The summed E-state index contributed by atoms with van der Waals surface area (Å²) in [6.07, 6.45) is 2.08. The maximum atomic E-state index is 12.4. The maximum absolute atomic E-state index is 12.4. The number of urea groups is 1. The van der Waals surface area contributed by atoms with Crippen LogP contribution < -0.4 is 5.32 Å². The van der Waals surface area contributed by atoms with Crippen LogP contribution in [0.15, 0.2) is 24.3 Å². The molecule has 2 N–H and O–H groups in total. The Kier molecular flexibility index (Phi) is 7.02. The van der Waals surface area contributed by atoms with Gasteiger partial charge in [0.15, 0.2) is 0 Å². The Bertz CT molecular complexity index is 559. The molecule has 0 aromatic heterocycles. The summed E-state index contributed by atoms with van der Waals surface area (Å²) in [4.78, 5) is 28.0. The van der Waals surface area contributed by atoms with Crippen LogP contribution in [0.4, 0.5) is 10.5 Å². The van der Waals surface area contributed by atoms with E-state index in [1.54, 1.807) is 31.4 Å². The molecular formula is C17H25N3O4. The maximum Gasteiger partial charge on any atom is 0.321 e. The number of amides is 3. The summed E-state index contributed by atoms with van der Waals surface area (Å²) in [5.74, 6) is -0.00445. The van der Waals surface area contributed by atoms with E-state index >= 15 is 0 Å². The van der Waals surface area contributed by atoms with Crippen LogP contribution in [0, 0.1) is 0 Å². The Morgan fingerprint density at radius 2 is 2.04 bits per heavy atom. The first-order valence-electron chi connectivity index (χ1n) is 8.20. The zero-order valence-corrected chi connectivity index (χ0v) is 14.0. The highest BCUT2D eigenvalue weighted by Gasteiger charge is 2.20. The molecule has 24 heavy (non-hydrogen) atoms. The predicted octanol–water partition coefficient (Wildman–Crippen LogP) is 1.40. The highest BCUT2D eigenvalue weighted by Crippen LogP contribution is 2.16. The average molecular weight is 335 g/mol. The van der Waals surface area contributed by atoms with Crippen LogP contribution in [-0.2, 0) is 4.74 Å². The first-order valence-corrected chi connectivity index (χ1v) is 8.20. The van der Waals surface area contributed by atoms with Crippen LogP contribution in [-0.4, -0.2) is 73.3 Å². The minimum absolute atomic E-state index is 0.00445. The molecule has 132 valence electrons. The lowest BCUT2D eigenvalue weighted by Gasteiger charge is -2.22. The van der Waals surface area contributed by atoms with E-state index in [1.165, 1.54) is 4.90 Å².